The zero-order valence-corrected chi connectivity index (χ0v) is 11.5. The topological polar surface area (TPSA) is 32.3 Å². The predicted octanol–water partition coefficient (Wildman–Crippen LogP) is 2.71. The Kier molecular flexibility index (Phi) is 6.03. The van der Waals surface area contributed by atoms with Gasteiger partial charge < -0.3 is 10.2 Å². The Bertz CT molecular complexity index is 217. The van der Waals surface area contributed by atoms with Gasteiger partial charge in [0.15, 0.2) is 0 Å². The van der Waals surface area contributed by atoms with E-state index in [1.165, 1.54) is 12.8 Å². The summed E-state index contributed by atoms with van der Waals surface area (Å²) in [5.74, 6) is 1.11. The van der Waals surface area contributed by atoms with Crippen molar-refractivity contribution in [3.63, 3.8) is 0 Å². The summed E-state index contributed by atoms with van der Waals surface area (Å²) in [6.45, 7) is 2.12. The molecule has 1 N–H and O–H groups in total. The monoisotopic (exact) mass is 244 g/mol. The van der Waals surface area contributed by atoms with Gasteiger partial charge in [-0.05, 0) is 38.2 Å². The maximum absolute atomic E-state index is 11.9. The summed E-state index contributed by atoms with van der Waals surface area (Å²) in [6, 6.07) is 0.844. The number of urea groups is 1. The number of hydrogen-bond donors (Lipinski definition) is 1. The molecule has 1 rings (SSSR count). The van der Waals surface area contributed by atoms with Crippen LogP contribution in [0.5, 0.6) is 0 Å². The molecular weight excluding hydrogens is 220 g/mol. The zero-order chi connectivity index (χ0) is 12.0. The number of carbonyl (C=O) groups excluding carboxylic acids is 1. The molecule has 0 saturated heterocycles. The standard InChI is InChI=1S/C12H24N2OS/c1-10(8-9-16-3)14(2)12(15)13-11-6-4-5-7-11/h10-11H,4-9H2,1-3H3,(H,13,15). The highest BCUT2D eigenvalue weighted by molar-refractivity contribution is 7.98. The molecule has 94 valence electrons. The fourth-order valence-corrected chi connectivity index (χ4v) is 2.61. The van der Waals surface area contributed by atoms with Crippen LogP contribution in [0.3, 0.4) is 0 Å². The second-order valence-corrected chi connectivity index (χ2v) is 5.66. The SMILES string of the molecule is CSCCC(C)N(C)C(=O)NC1CCCC1. The van der Waals surface area contributed by atoms with Crippen LogP contribution in [0.15, 0.2) is 0 Å². The highest BCUT2D eigenvalue weighted by Crippen LogP contribution is 2.18. The van der Waals surface area contributed by atoms with Gasteiger partial charge in [-0.25, -0.2) is 4.79 Å². The largest absolute Gasteiger partial charge is 0.335 e. The summed E-state index contributed by atoms with van der Waals surface area (Å²) < 4.78 is 0. The van der Waals surface area contributed by atoms with Gasteiger partial charge in [0.05, 0.1) is 0 Å². The summed E-state index contributed by atoms with van der Waals surface area (Å²) in [5, 5.41) is 3.12. The lowest BCUT2D eigenvalue weighted by atomic mass is 10.2. The molecule has 1 unspecified atom stereocenters. The minimum absolute atomic E-state index is 0.0977. The molecule has 0 aromatic carbocycles. The van der Waals surface area contributed by atoms with Crippen molar-refractivity contribution in [3.8, 4) is 0 Å². The van der Waals surface area contributed by atoms with Crippen molar-refractivity contribution in [1.82, 2.24) is 10.2 Å². The maximum Gasteiger partial charge on any atom is 0.317 e. The number of amides is 2. The van der Waals surface area contributed by atoms with Gasteiger partial charge in [0, 0.05) is 19.1 Å². The molecular formula is C12H24N2OS. The Hall–Kier alpha value is -0.380. The summed E-state index contributed by atoms with van der Waals surface area (Å²) in [4.78, 5) is 13.8. The molecule has 0 aromatic heterocycles. The van der Waals surface area contributed by atoms with Crippen molar-refractivity contribution in [2.45, 2.75) is 51.1 Å². The number of thioether (sulfide) groups is 1. The van der Waals surface area contributed by atoms with Crippen LogP contribution >= 0.6 is 11.8 Å². The van der Waals surface area contributed by atoms with Crippen molar-refractivity contribution in [2.75, 3.05) is 19.1 Å². The van der Waals surface area contributed by atoms with Crippen molar-refractivity contribution < 1.29 is 4.79 Å². The minimum atomic E-state index is 0.0977. The molecule has 2 amide bonds. The van der Waals surface area contributed by atoms with E-state index in [1.807, 2.05) is 23.7 Å². The van der Waals surface area contributed by atoms with Crippen molar-refractivity contribution in [2.24, 2.45) is 0 Å². The molecule has 1 aliphatic carbocycles. The molecule has 0 aliphatic heterocycles. The molecule has 1 saturated carbocycles. The first-order chi connectivity index (χ1) is 7.65. The maximum atomic E-state index is 11.9. The Morgan fingerprint density at radius 2 is 2.12 bits per heavy atom. The van der Waals surface area contributed by atoms with Crippen molar-refractivity contribution >= 4 is 17.8 Å². The fourth-order valence-electron chi connectivity index (χ4n) is 2.03. The van der Waals surface area contributed by atoms with E-state index in [0.717, 1.165) is 25.0 Å². The van der Waals surface area contributed by atoms with Gasteiger partial charge in [-0.1, -0.05) is 12.8 Å². The molecule has 3 nitrogen and oxygen atoms in total. The van der Waals surface area contributed by atoms with Crippen LogP contribution in [-0.2, 0) is 0 Å². The zero-order valence-electron chi connectivity index (χ0n) is 10.7. The molecule has 1 fully saturated rings. The molecule has 16 heavy (non-hydrogen) atoms. The lowest BCUT2D eigenvalue weighted by Crippen LogP contribution is -2.45. The molecule has 0 aromatic rings. The van der Waals surface area contributed by atoms with Crippen LogP contribution in [0, 0.1) is 0 Å². The van der Waals surface area contributed by atoms with E-state index in [2.05, 4.69) is 18.5 Å². The lowest BCUT2D eigenvalue weighted by molar-refractivity contribution is 0.189. The van der Waals surface area contributed by atoms with E-state index < -0.39 is 0 Å². The number of rotatable bonds is 5. The third kappa shape index (κ3) is 4.24. The van der Waals surface area contributed by atoms with Gasteiger partial charge in [0.25, 0.3) is 0 Å². The van der Waals surface area contributed by atoms with Crippen LogP contribution in [0.25, 0.3) is 0 Å². The number of carbonyl (C=O) groups is 1. The molecule has 1 aliphatic rings. The summed E-state index contributed by atoms with van der Waals surface area (Å²) in [5.41, 5.74) is 0. The van der Waals surface area contributed by atoms with Crippen LogP contribution in [0.4, 0.5) is 4.79 Å². The van der Waals surface area contributed by atoms with E-state index in [4.69, 9.17) is 0 Å². The van der Waals surface area contributed by atoms with Crippen LogP contribution in [0.1, 0.15) is 39.0 Å². The second kappa shape index (κ2) is 7.05. The van der Waals surface area contributed by atoms with Gasteiger partial charge in [0.2, 0.25) is 0 Å². The van der Waals surface area contributed by atoms with Crippen LogP contribution in [-0.4, -0.2) is 42.1 Å². The van der Waals surface area contributed by atoms with E-state index in [1.54, 1.807) is 0 Å². The molecule has 0 spiro atoms. The quantitative estimate of drug-likeness (QED) is 0.806. The average molecular weight is 244 g/mol. The summed E-state index contributed by atoms with van der Waals surface area (Å²) in [7, 11) is 1.90. The van der Waals surface area contributed by atoms with Gasteiger partial charge >= 0.3 is 6.03 Å². The molecule has 0 heterocycles. The predicted molar refractivity (Wildman–Crippen MR) is 71.0 cm³/mol. The lowest BCUT2D eigenvalue weighted by Gasteiger charge is -2.26. The summed E-state index contributed by atoms with van der Waals surface area (Å²) >= 11 is 1.83. The number of hydrogen-bond acceptors (Lipinski definition) is 2. The Morgan fingerprint density at radius 3 is 2.69 bits per heavy atom. The fraction of sp³-hybridized carbons (Fsp3) is 0.917. The van der Waals surface area contributed by atoms with E-state index >= 15 is 0 Å². The molecule has 1 atom stereocenters. The Labute approximate surface area is 103 Å². The van der Waals surface area contributed by atoms with Crippen LogP contribution in [0.2, 0.25) is 0 Å². The minimum Gasteiger partial charge on any atom is -0.335 e. The number of nitrogens with one attached hydrogen (secondary N) is 1. The third-order valence-corrected chi connectivity index (χ3v) is 4.05. The van der Waals surface area contributed by atoms with Crippen molar-refractivity contribution in [1.29, 1.82) is 0 Å². The van der Waals surface area contributed by atoms with Crippen molar-refractivity contribution in [3.05, 3.63) is 0 Å². The molecule has 4 heteroatoms. The first kappa shape index (κ1) is 13.7. The second-order valence-electron chi connectivity index (χ2n) is 4.67. The summed E-state index contributed by atoms with van der Waals surface area (Å²) in [6.07, 6.45) is 7.99. The molecule has 0 radical (unpaired) electrons. The number of nitrogens with zero attached hydrogens (tertiary/aromatic N) is 1. The van der Waals surface area contributed by atoms with Crippen LogP contribution < -0.4 is 5.32 Å². The van der Waals surface area contributed by atoms with Gasteiger partial charge in [-0.3, -0.25) is 0 Å². The van der Waals surface area contributed by atoms with Gasteiger partial charge in [-0.15, -0.1) is 0 Å². The van der Waals surface area contributed by atoms with E-state index in [-0.39, 0.29) is 6.03 Å². The molecule has 0 bridgehead atoms. The highest BCUT2D eigenvalue weighted by Gasteiger charge is 2.21. The first-order valence-corrected chi connectivity index (χ1v) is 7.56. The van der Waals surface area contributed by atoms with E-state index in [0.29, 0.717) is 12.1 Å². The van der Waals surface area contributed by atoms with E-state index in [9.17, 15) is 4.79 Å². The first-order valence-electron chi connectivity index (χ1n) is 6.17. The third-order valence-electron chi connectivity index (χ3n) is 3.40. The average Bonchev–Trinajstić information content (AvgIpc) is 2.77. The van der Waals surface area contributed by atoms with Gasteiger partial charge in [-0.2, -0.15) is 11.8 Å². The Balaban J connectivity index is 2.28. The smallest absolute Gasteiger partial charge is 0.317 e. The Morgan fingerprint density at radius 1 is 1.50 bits per heavy atom. The normalized spacial score (nSPS) is 18.4. The highest BCUT2D eigenvalue weighted by atomic mass is 32.2. The van der Waals surface area contributed by atoms with Gasteiger partial charge in [0.1, 0.15) is 0 Å².